The van der Waals surface area contributed by atoms with Crippen LogP contribution in [0.5, 0.6) is 0 Å². The summed E-state index contributed by atoms with van der Waals surface area (Å²) in [6, 6.07) is -0.526. The fraction of sp³-hybridized carbons (Fsp3) is 0.733. The van der Waals surface area contributed by atoms with Crippen LogP contribution in [0.3, 0.4) is 0 Å². The third kappa shape index (κ3) is 7.47. The number of ether oxygens (including phenoxy) is 1. The molecule has 1 saturated carbocycles. The average Bonchev–Trinajstić information content (AvgIpc) is 2.92. The molecule has 2 aliphatic rings. The van der Waals surface area contributed by atoms with Crippen LogP contribution in [0.2, 0.25) is 0 Å². The van der Waals surface area contributed by atoms with Crippen molar-refractivity contribution in [2.45, 2.75) is 62.1 Å². The largest absolute Gasteiger partial charge is 0.489 e. The Morgan fingerprint density at radius 3 is 2.24 bits per heavy atom. The van der Waals surface area contributed by atoms with E-state index in [9.17, 15) is 58.4 Å². The molecule has 2 heterocycles. The lowest BCUT2D eigenvalue weighted by Crippen LogP contribution is -2.59. The topological polar surface area (TPSA) is 297 Å². The number of halogens is 1. The first-order chi connectivity index (χ1) is 17.3. The van der Waals surface area contributed by atoms with Gasteiger partial charge >= 0.3 is 29.1 Å². The van der Waals surface area contributed by atoms with Gasteiger partial charge in [-0.15, -0.1) is 0 Å². The van der Waals surface area contributed by atoms with Crippen LogP contribution in [0.4, 0.5) is 0 Å². The molecule has 218 valence electrons. The molecule has 1 saturated heterocycles. The van der Waals surface area contributed by atoms with Crippen LogP contribution >= 0.6 is 46.0 Å². The van der Waals surface area contributed by atoms with Crippen molar-refractivity contribution in [3.63, 3.8) is 0 Å². The van der Waals surface area contributed by atoms with Gasteiger partial charge in [-0.25, -0.2) is 23.6 Å². The molecule has 0 radical (unpaired) electrons. The monoisotopic (exact) mass is 723 g/mol. The third-order valence-corrected chi connectivity index (χ3v) is 10.9. The van der Waals surface area contributed by atoms with Crippen LogP contribution in [-0.2, 0) is 31.6 Å². The van der Waals surface area contributed by atoms with Crippen molar-refractivity contribution in [2.24, 2.45) is 0 Å². The van der Waals surface area contributed by atoms with E-state index in [1.165, 1.54) is 22.6 Å². The third-order valence-electron chi connectivity index (χ3n) is 5.57. The highest BCUT2D eigenvalue weighted by atomic mass is 127. The summed E-state index contributed by atoms with van der Waals surface area (Å²) in [6.45, 7) is -1.44. The van der Waals surface area contributed by atoms with Gasteiger partial charge in [0.15, 0.2) is 6.23 Å². The summed E-state index contributed by atoms with van der Waals surface area (Å²) in [5.41, 5.74) is -2.10. The molecule has 0 spiro atoms. The van der Waals surface area contributed by atoms with Crippen molar-refractivity contribution in [1.82, 2.24) is 14.6 Å². The van der Waals surface area contributed by atoms with Crippen LogP contribution < -0.4 is 16.3 Å². The van der Waals surface area contributed by atoms with E-state index in [1.54, 1.807) is 0 Å². The zero-order valence-electron chi connectivity index (χ0n) is 19.0. The molecule has 3 unspecified atom stereocenters. The number of phosphoric acid groups is 2. The molecule has 9 N–H and O–H groups in total. The van der Waals surface area contributed by atoms with Crippen molar-refractivity contribution >= 4 is 46.0 Å². The van der Waals surface area contributed by atoms with E-state index in [1.807, 2.05) is 4.98 Å². The van der Waals surface area contributed by atoms with Crippen LogP contribution in [-0.4, -0.2) is 75.0 Å². The van der Waals surface area contributed by atoms with Crippen molar-refractivity contribution < 1.29 is 66.7 Å². The van der Waals surface area contributed by atoms with E-state index in [0.717, 1.165) is 25.5 Å². The van der Waals surface area contributed by atoms with Gasteiger partial charge in [-0.05, 0) is 35.4 Å². The minimum absolute atomic E-state index is 0.145. The molecule has 1 aromatic rings. The summed E-state index contributed by atoms with van der Waals surface area (Å²) in [5, 5.41) is 43.1. The standard InChI is InChI=1S/C15H25IN3O16P3/c16-9-6-19(13(21)17-11(9)20)12-15(24,25)14(22,23)10(33-12)7-32-37(28,29)35-38(30,31)34-36(26,27)18-8-4-2-1-3-5-8/h6,8,10,12,22-25H,1-5,7H2,(H,28,29)(H,30,31)(H,17,20,21)(H2,18,26,27)/t10-,12-/m1/s1. The summed E-state index contributed by atoms with van der Waals surface area (Å²) >= 11 is 1.48. The number of nitrogens with one attached hydrogen (secondary N) is 2. The lowest BCUT2D eigenvalue weighted by Gasteiger charge is -2.31. The second-order valence-electron chi connectivity index (χ2n) is 8.45. The van der Waals surface area contributed by atoms with Crippen LogP contribution in [0, 0.1) is 3.57 Å². The fourth-order valence-corrected chi connectivity index (χ4v) is 8.18. The molecule has 5 atom stereocenters. The smallest absolute Gasteiger partial charge is 0.359 e. The Kier molecular flexibility index (Phi) is 9.71. The first kappa shape index (κ1) is 32.1. The second kappa shape index (κ2) is 11.5. The maximum Gasteiger partial charge on any atom is 0.489 e. The molecule has 0 amide bonds. The number of aliphatic hydroxyl groups is 4. The molecule has 23 heteroatoms. The Balaban J connectivity index is 1.68. The van der Waals surface area contributed by atoms with Crippen LogP contribution in [0.25, 0.3) is 0 Å². The number of nitrogens with zero attached hydrogens (tertiary/aromatic N) is 1. The summed E-state index contributed by atoms with van der Waals surface area (Å²) in [7, 11) is -16.5. The molecule has 3 rings (SSSR count). The SMILES string of the molecule is O=c1[nH]c(=O)n([C@@H]2O[C@H](COP(=O)(O)OP(=O)(O)OP(=O)(O)NC3CCCCC3)C(O)(O)C2(O)O)cc1I. The van der Waals surface area contributed by atoms with E-state index in [4.69, 9.17) is 4.74 Å². The van der Waals surface area contributed by atoms with Crippen molar-refractivity contribution in [3.8, 4) is 0 Å². The Morgan fingerprint density at radius 1 is 1.03 bits per heavy atom. The molecule has 1 aliphatic carbocycles. The average molecular weight is 723 g/mol. The van der Waals surface area contributed by atoms with E-state index < -0.39 is 71.2 Å². The fourth-order valence-electron chi connectivity index (χ4n) is 3.77. The Hall–Kier alpha value is -0.380. The number of aromatic amines is 1. The summed E-state index contributed by atoms with van der Waals surface area (Å²) in [4.78, 5) is 54.8. The number of H-pyrrole nitrogens is 1. The van der Waals surface area contributed by atoms with E-state index in [-0.39, 0.29) is 3.57 Å². The Morgan fingerprint density at radius 2 is 1.63 bits per heavy atom. The van der Waals surface area contributed by atoms with E-state index in [0.29, 0.717) is 17.4 Å². The van der Waals surface area contributed by atoms with Gasteiger partial charge in [0, 0.05) is 12.2 Å². The van der Waals surface area contributed by atoms with E-state index in [2.05, 4.69) is 18.2 Å². The number of phosphoric ester groups is 1. The first-order valence-electron chi connectivity index (χ1n) is 10.7. The lowest BCUT2D eigenvalue weighted by atomic mass is 9.96. The number of aromatic nitrogens is 2. The van der Waals surface area contributed by atoms with Crippen LogP contribution in [0.1, 0.15) is 38.3 Å². The molecule has 0 aromatic carbocycles. The van der Waals surface area contributed by atoms with Gasteiger partial charge in [0.1, 0.15) is 6.10 Å². The van der Waals surface area contributed by atoms with Crippen LogP contribution in [0.15, 0.2) is 15.8 Å². The quantitative estimate of drug-likeness (QED) is 0.0768. The highest BCUT2D eigenvalue weighted by Gasteiger charge is 2.67. The van der Waals surface area contributed by atoms with Gasteiger partial charge < -0.3 is 39.8 Å². The van der Waals surface area contributed by atoms with Crippen molar-refractivity contribution in [3.05, 3.63) is 30.6 Å². The number of hydrogen-bond donors (Lipinski definition) is 9. The van der Waals surface area contributed by atoms with Crippen molar-refractivity contribution in [1.29, 1.82) is 0 Å². The molecule has 0 bridgehead atoms. The molecule has 1 aromatic heterocycles. The maximum atomic E-state index is 12.2. The maximum absolute atomic E-state index is 12.2. The summed E-state index contributed by atoms with van der Waals surface area (Å²) in [5.74, 6) is -7.36. The summed E-state index contributed by atoms with van der Waals surface area (Å²) < 4.78 is 54.1. The minimum Gasteiger partial charge on any atom is -0.359 e. The van der Waals surface area contributed by atoms with Gasteiger partial charge in [0.25, 0.3) is 17.1 Å². The zero-order chi connectivity index (χ0) is 28.7. The summed E-state index contributed by atoms with van der Waals surface area (Å²) in [6.07, 6.45) is -0.540. The predicted molar refractivity (Wildman–Crippen MR) is 130 cm³/mol. The molecular weight excluding hydrogens is 698 g/mol. The predicted octanol–water partition coefficient (Wildman–Crippen LogP) is -1.33. The highest BCUT2D eigenvalue weighted by molar-refractivity contribution is 14.1. The Bertz CT molecular complexity index is 1290. The van der Waals surface area contributed by atoms with Gasteiger partial charge in [-0.1, -0.05) is 19.3 Å². The molecule has 1 aliphatic heterocycles. The minimum atomic E-state index is -5.76. The first-order valence-corrected chi connectivity index (χ1v) is 16.3. The molecular formula is C15H25IN3O16P3. The van der Waals surface area contributed by atoms with Gasteiger partial charge in [0.2, 0.25) is 0 Å². The van der Waals surface area contributed by atoms with E-state index >= 15 is 0 Å². The van der Waals surface area contributed by atoms with Gasteiger partial charge in [-0.3, -0.25) is 18.9 Å². The van der Waals surface area contributed by atoms with Gasteiger partial charge in [0.05, 0.1) is 10.2 Å². The molecule has 38 heavy (non-hydrogen) atoms. The van der Waals surface area contributed by atoms with Crippen molar-refractivity contribution in [2.75, 3.05) is 6.61 Å². The highest BCUT2D eigenvalue weighted by Crippen LogP contribution is 2.66. The number of hydrogen-bond acceptors (Lipinski definition) is 13. The normalized spacial score (nSPS) is 28.3. The second-order valence-corrected chi connectivity index (χ2v) is 14.4. The molecule has 19 nitrogen and oxygen atoms in total. The number of rotatable bonds is 10. The molecule has 2 fully saturated rings. The lowest BCUT2D eigenvalue weighted by molar-refractivity contribution is -0.355. The van der Waals surface area contributed by atoms with Gasteiger partial charge in [-0.2, -0.15) is 8.62 Å². The zero-order valence-corrected chi connectivity index (χ0v) is 23.9. The Labute approximate surface area is 226 Å².